The number of aliphatic imine (C=N–C) groups is 1. The van der Waals surface area contributed by atoms with Crippen LogP contribution in [0.25, 0.3) is 0 Å². The minimum absolute atomic E-state index is 0.0237. The highest BCUT2D eigenvalue weighted by Gasteiger charge is 2.53. The van der Waals surface area contributed by atoms with Crippen LogP contribution < -0.4 is 5.32 Å². The second-order valence-electron chi connectivity index (χ2n) is 11.5. The van der Waals surface area contributed by atoms with Crippen LogP contribution in [0.15, 0.2) is 70.6 Å². The fourth-order valence-electron chi connectivity index (χ4n) is 5.57. The van der Waals surface area contributed by atoms with Crippen molar-refractivity contribution < 1.29 is 30.8 Å². The Labute approximate surface area is 237 Å². The lowest BCUT2D eigenvalue weighted by atomic mass is 9.63. The van der Waals surface area contributed by atoms with Crippen LogP contribution in [-0.2, 0) is 27.5 Å². The summed E-state index contributed by atoms with van der Waals surface area (Å²) in [6, 6.07) is 8.60. The lowest BCUT2D eigenvalue weighted by Gasteiger charge is -2.57. The summed E-state index contributed by atoms with van der Waals surface area (Å²) < 4.78 is 80.6. The van der Waals surface area contributed by atoms with Crippen LogP contribution in [0.5, 0.6) is 0 Å². The Morgan fingerprint density at radius 3 is 2.29 bits per heavy atom. The Hall–Kier alpha value is -3.25. The average molecular weight is 593 g/mol. The van der Waals surface area contributed by atoms with E-state index in [2.05, 4.69) is 16.9 Å². The first-order valence-electron chi connectivity index (χ1n) is 13.4. The molecule has 2 aromatic carbocycles. The summed E-state index contributed by atoms with van der Waals surface area (Å²) in [4.78, 5) is 19.4. The SMILES string of the molecule is C=C(CCN(Cc1ccc(C(F)(F)F)cc1)S(=O)(=O)c1ccc(F)cc1)C1=NC[C@](C)(C(=O)N2CC3(CCC3)C2)N1. The van der Waals surface area contributed by atoms with Gasteiger partial charge in [0.1, 0.15) is 17.2 Å². The number of amides is 1. The van der Waals surface area contributed by atoms with E-state index in [0.717, 1.165) is 66.6 Å². The number of halogens is 4. The average Bonchev–Trinajstić information content (AvgIpc) is 3.28. The minimum atomic E-state index is -4.52. The van der Waals surface area contributed by atoms with E-state index >= 15 is 0 Å². The van der Waals surface area contributed by atoms with Crippen LogP contribution in [0.4, 0.5) is 17.6 Å². The van der Waals surface area contributed by atoms with Gasteiger partial charge < -0.3 is 10.2 Å². The predicted octanol–water partition coefficient (Wildman–Crippen LogP) is 4.75. The first-order valence-corrected chi connectivity index (χ1v) is 14.9. The van der Waals surface area contributed by atoms with Crippen molar-refractivity contribution in [1.29, 1.82) is 0 Å². The number of benzene rings is 2. The van der Waals surface area contributed by atoms with E-state index in [9.17, 15) is 30.8 Å². The lowest BCUT2D eigenvalue weighted by Crippen LogP contribution is -2.67. The fraction of sp³-hybridized carbons (Fsp3) is 0.448. The molecular formula is C29H32F4N4O3S. The molecule has 0 aromatic heterocycles. The highest BCUT2D eigenvalue weighted by atomic mass is 32.2. The maximum Gasteiger partial charge on any atom is 0.416 e. The first-order chi connectivity index (χ1) is 19.2. The molecule has 2 heterocycles. The fourth-order valence-corrected chi connectivity index (χ4v) is 7.00. The topological polar surface area (TPSA) is 82.1 Å². The number of sulfonamides is 1. The lowest BCUT2D eigenvalue weighted by molar-refractivity contribution is -0.155. The first kappa shape index (κ1) is 29.2. The van der Waals surface area contributed by atoms with Gasteiger partial charge in [0.15, 0.2) is 0 Å². The molecule has 2 aromatic rings. The zero-order chi connectivity index (χ0) is 29.6. The third-order valence-corrected chi connectivity index (χ3v) is 10.1. The molecule has 220 valence electrons. The van der Waals surface area contributed by atoms with E-state index in [1.165, 1.54) is 18.6 Å². The van der Waals surface area contributed by atoms with Crippen LogP contribution in [0, 0.1) is 11.2 Å². The van der Waals surface area contributed by atoms with Gasteiger partial charge in [-0.25, -0.2) is 12.8 Å². The van der Waals surface area contributed by atoms with E-state index in [0.29, 0.717) is 22.4 Å². The molecule has 1 atom stereocenters. The number of rotatable bonds is 9. The molecule has 1 aliphatic carbocycles. The molecule has 1 spiro atoms. The summed E-state index contributed by atoms with van der Waals surface area (Å²) in [7, 11) is -4.14. The monoisotopic (exact) mass is 592 g/mol. The molecule has 1 N–H and O–H groups in total. The number of likely N-dealkylation sites (tertiary alicyclic amines) is 1. The largest absolute Gasteiger partial charge is 0.416 e. The summed E-state index contributed by atoms with van der Waals surface area (Å²) in [5.41, 5.74) is -0.616. The maximum atomic E-state index is 13.5. The summed E-state index contributed by atoms with van der Waals surface area (Å²) in [6.45, 7) is 7.32. The molecule has 0 bridgehead atoms. The van der Waals surface area contributed by atoms with Gasteiger partial charge in [-0.3, -0.25) is 9.79 Å². The van der Waals surface area contributed by atoms with Crippen LogP contribution >= 0.6 is 0 Å². The Morgan fingerprint density at radius 2 is 1.73 bits per heavy atom. The number of nitrogens with zero attached hydrogens (tertiary/aromatic N) is 3. The number of nitrogens with one attached hydrogen (secondary N) is 1. The predicted molar refractivity (Wildman–Crippen MR) is 146 cm³/mol. The van der Waals surface area contributed by atoms with Crippen molar-refractivity contribution in [2.24, 2.45) is 10.4 Å². The second kappa shape index (κ2) is 10.5. The molecule has 3 aliphatic rings. The molecule has 2 fully saturated rings. The molecule has 0 radical (unpaired) electrons. The van der Waals surface area contributed by atoms with Gasteiger partial charge in [-0.05, 0) is 73.7 Å². The zero-order valence-corrected chi connectivity index (χ0v) is 23.5. The maximum absolute atomic E-state index is 13.5. The molecule has 12 heteroatoms. The van der Waals surface area contributed by atoms with Gasteiger partial charge in [-0.15, -0.1) is 0 Å². The van der Waals surface area contributed by atoms with Gasteiger partial charge in [0.2, 0.25) is 15.9 Å². The van der Waals surface area contributed by atoms with Gasteiger partial charge in [-0.2, -0.15) is 17.5 Å². The summed E-state index contributed by atoms with van der Waals surface area (Å²) in [6.07, 6.45) is -0.858. The summed E-state index contributed by atoms with van der Waals surface area (Å²) in [5.74, 6) is -0.201. The van der Waals surface area contributed by atoms with Crippen LogP contribution in [0.3, 0.4) is 0 Å². The Balaban J connectivity index is 1.27. The Kier molecular flexibility index (Phi) is 7.52. The number of amidine groups is 1. The van der Waals surface area contributed by atoms with E-state index in [-0.39, 0.29) is 36.9 Å². The van der Waals surface area contributed by atoms with Crippen molar-refractivity contribution in [2.75, 3.05) is 26.2 Å². The molecule has 7 nitrogen and oxygen atoms in total. The zero-order valence-electron chi connectivity index (χ0n) is 22.7. The third kappa shape index (κ3) is 5.90. The van der Waals surface area contributed by atoms with Gasteiger partial charge >= 0.3 is 6.18 Å². The molecular weight excluding hydrogens is 560 g/mol. The van der Waals surface area contributed by atoms with Gasteiger partial charge in [0, 0.05) is 31.6 Å². The Morgan fingerprint density at radius 1 is 1.10 bits per heavy atom. The molecule has 41 heavy (non-hydrogen) atoms. The molecule has 1 saturated heterocycles. The van der Waals surface area contributed by atoms with E-state index in [4.69, 9.17) is 0 Å². The van der Waals surface area contributed by atoms with Gasteiger partial charge in [0.25, 0.3) is 0 Å². The third-order valence-electron chi connectivity index (χ3n) is 8.26. The quantitative estimate of drug-likeness (QED) is 0.426. The molecule has 5 rings (SSSR count). The van der Waals surface area contributed by atoms with Crippen LogP contribution in [0.2, 0.25) is 0 Å². The minimum Gasteiger partial charge on any atom is -0.355 e. The van der Waals surface area contributed by atoms with Gasteiger partial charge in [-0.1, -0.05) is 25.1 Å². The number of carbonyl (C=O) groups is 1. The summed E-state index contributed by atoms with van der Waals surface area (Å²) >= 11 is 0. The number of carbonyl (C=O) groups excluding carboxylic acids is 1. The molecule has 1 saturated carbocycles. The number of hydrogen-bond donors (Lipinski definition) is 1. The molecule has 0 unspecified atom stereocenters. The second-order valence-corrected chi connectivity index (χ2v) is 13.4. The van der Waals surface area contributed by atoms with Crippen LogP contribution in [0.1, 0.15) is 43.7 Å². The van der Waals surface area contributed by atoms with Crippen molar-refractivity contribution in [3.05, 3.63) is 77.6 Å². The Bertz CT molecular complexity index is 1460. The van der Waals surface area contributed by atoms with Crippen molar-refractivity contribution in [1.82, 2.24) is 14.5 Å². The highest BCUT2D eigenvalue weighted by molar-refractivity contribution is 7.89. The number of alkyl halides is 3. The van der Waals surface area contributed by atoms with Crippen molar-refractivity contribution >= 4 is 21.8 Å². The normalized spacial score (nSPS) is 21.7. The van der Waals surface area contributed by atoms with Crippen molar-refractivity contribution in [2.45, 2.75) is 55.8 Å². The van der Waals surface area contributed by atoms with E-state index < -0.39 is 33.1 Å². The van der Waals surface area contributed by atoms with Crippen molar-refractivity contribution in [3.8, 4) is 0 Å². The molecule has 2 aliphatic heterocycles. The van der Waals surface area contributed by atoms with E-state index in [1.54, 1.807) is 6.92 Å². The smallest absolute Gasteiger partial charge is 0.355 e. The van der Waals surface area contributed by atoms with Gasteiger partial charge in [0.05, 0.1) is 17.0 Å². The van der Waals surface area contributed by atoms with Crippen LogP contribution in [-0.4, -0.2) is 61.1 Å². The highest BCUT2D eigenvalue weighted by Crippen LogP contribution is 2.48. The van der Waals surface area contributed by atoms with Crippen molar-refractivity contribution in [3.63, 3.8) is 0 Å². The number of hydrogen-bond acceptors (Lipinski definition) is 5. The summed E-state index contributed by atoms with van der Waals surface area (Å²) in [5, 5.41) is 3.19. The molecule has 1 amide bonds. The van der Waals surface area contributed by atoms with E-state index in [1.807, 2.05) is 4.90 Å². The standard InChI is InChI=1S/C29H32F4N4O3S/c1-20(25-34-17-27(2,35-25)26(38)36-18-28(19-36)13-3-14-28)12-15-37(41(39,40)24-10-8-23(30)9-11-24)16-21-4-6-22(7-5-21)29(31,32)33/h4-11H,1,3,12-19H2,2H3,(H,34,35)/t27-/m1/s1.